The number of aliphatic carboxylic acids is 2. The predicted octanol–water partition coefficient (Wildman–Crippen LogP) is -0.529. The molecule has 0 unspecified atom stereocenters. The molecule has 0 radical (unpaired) electrons. The van der Waals surface area contributed by atoms with Gasteiger partial charge in [0.1, 0.15) is 5.75 Å². The first-order valence-corrected chi connectivity index (χ1v) is 6.16. The summed E-state index contributed by atoms with van der Waals surface area (Å²) in [4.78, 5) is 19.5. The molecular formula is C13H17NO7. The molecule has 2 atom stereocenters. The highest BCUT2D eigenvalue weighted by Gasteiger charge is 2.29. The quantitative estimate of drug-likeness (QED) is 0.467. The summed E-state index contributed by atoms with van der Waals surface area (Å²) >= 11 is 0. The number of nitrogens with two attached hydrogens (primary N) is 1. The highest BCUT2D eigenvalue weighted by Crippen LogP contribution is 2.28. The largest absolute Gasteiger partial charge is 0.493 e. The van der Waals surface area contributed by atoms with Gasteiger partial charge in [0, 0.05) is 11.3 Å². The second kappa shape index (κ2) is 7.46. The second-order valence-corrected chi connectivity index (χ2v) is 4.34. The normalized spacial score (nSPS) is 15.5. The van der Waals surface area contributed by atoms with E-state index in [9.17, 15) is 9.59 Å². The minimum Gasteiger partial charge on any atom is -0.493 e. The summed E-state index contributed by atoms with van der Waals surface area (Å²) in [5.74, 6) is -2.57. The van der Waals surface area contributed by atoms with Gasteiger partial charge in [-0.1, -0.05) is 6.07 Å². The van der Waals surface area contributed by atoms with Crippen LogP contribution in [0.3, 0.4) is 0 Å². The first-order valence-electron chi connectivity index (χ1n) is 6.16. The summed E-state index contributed by atoms with van der Waals surface area (Å²) in [6, 6.07) is 5.83. The van der Waals surface area contributed by atoms with Crippen molar-refractivity contribution in [3.8, 4) is 5.75 Å². The average Bonchev–Trinajstić information content (AvgIpc) is 2.46. The van der Waals surface area contributed by atoms with Crippen LogP contribution in [0, 0.1) is 0 Å². The third kappa shape index (κ3) is 4.62. The lowest BCUT2D eigenvalue weighted by Crippen LogP contribution is -2.39. The smallest absolute Gasteiger partial charge is 0.335 e. The number of hydrogen-bond acceptors (Lipinski definition) is 6. The van der Waals surface area contributed by atoms with E-state index in [0.717, 1.165) is 30.9 Å². The SMILES string of the molecule is Nc1cccc2c1CCCO2.O=C(O)[C@H](O)[C@@H](O)C(=O)O. The topological polar surface area (TPSA) is 150 Å². The Hall–Kier alpha value is -2.32. The van der Waals surface area contributed by atoms with E-state index >= 15 is 0 Å². The number of nitrogen functional groups attached to an aromatic ring is 1. The van der Waals surface area contributed by atoms with Gasteiger partial charge in [0.25, 0.3) is 0 Å². The Balaban J connectivity index is 0.000000212. The van der Waals surface area contributed by atoms with E-state index < -0.39 is 24.1 Å². The van der Waals surface area contributed by atoms with Gasteiger partial charge in [0.2, 0.25) is 0 Å². The average molecular weight is 299 g/mol. The van der Waals surface area contributed by atoms with Gasteiger partial charge < -0.3 is 30.9 Å². The maximum atomic E-state index is 9.77. The number of carboxylic acid groups (broad SMARTS) is 2. The van der Waals surface area contributed by atoms with Crippen LogP contribution in [-0.4, -0.2) is 51.2 Å². The van der Waals surface area contributed by atoms with E-state index in [1.54, 1.807) is 0 Å². The number of ether oxygens (including phenoxy) is 1. The van der Waals surface area contributed by atoms with Crippen molar-refractivity contribution in [2.45, 2.75) is 25.0 Å². The lowest BCUT2D eigenvalue weighted by Gasteiger charge is -2.17. The van der Waals surface area contributed by atoms with Crippen LogP contribution < -0.4 is 10.5 Å². The summed E-state index contributed by atoms with van der Waals surface area (Å²) in [5.41, 5.74) is 7.80. The van der Waals surface area contributed by atoms with Crippen molar-refractivity contribution in [2.75, 3.05) is 12.3 Å². The molecule has 0 spiro atoms. The molecule has 2 rings (SSSR count). The van der Waals surface area contributed by atoms with Crippen molar-refractivity contribution in [3.63, 3.8) is 0 Å². The molecule has 1 aliphatic heterocycles. The molecule has 0 bridgehead atoms. The summed E-state index contributed by atoms with van der Waals surface area (Å²) < 4.78 is 5.42. The molecule has 6 N–H and O–H groups in total. The fraction of sp³-hybridized carbons (Fsp3) is 0.385. The number of carbonyl (C=O) groups is 2. The molecule has 0 saturated heterocycles. The van der Waals surface area contributed by atoms with E-state index in [1.807, 2.05) is 18.2 Å². The third-order valence-corrected chi connectivity index (χ3v) is 2.80. The van der Waals surface area contributed by atoms with E-state index in [4.69, 9.17) is 30.9 Å². The second-order valence-electron chi connectivity index (χ2n) is 4.34. The number of anilines is 1. The zero-order valence-corrected chi connectivity index (χ0v) is 11.1. The number of carboxylic acids is 2. The highest BCUT2D eigenvalue weighted by molar-refractivity contribution is 5.83. The number of aliphatic hydroxyl groups is 2. The Morgan fingerprint density at radius 2 is 1.71 bits per heavy atom. The van der Waals surface area contributed by atoms with Gasteiger partial charge in [-0.05, 0) is 25.0 Å². The third-order valence-electron chi connectivity index (χ3n) is 2.80. The van der Waals surface area contributed by atoms with Crippen molar-refractivity contribution in [3.05, 3.63) is 23.8 Å². The van der Waals surface area contributed by atoms with Crippen molar-refractivity contribution in [1.82, 2.24) is 0 Å². The minimum absolute atomic E-state index is 0.830. The van der Waals surface area contributed by atoms with Crippen LogP contribution in [0.4, 0.5) is 5.69 Å². The maximum absolute atomic E-state index is 9.77. The Morgan fingerprint density at radius 1 is 1.14 bits per heavy atom. The lowest BCUT2D eigenvalue weighted by molar-refractivity contribution is -0.165. The molecule has 1 aromatic carbocycles. The summed E-state index contributed by atoms with van der Waals surface area (Å²) in [5, 5.41) is 32.5. The fourth-order valence-corrected chi connectivity index (χ4v) is 1.69. The Morgan fingerprint density at radius 3 is 2.19 bits per heavy atom. The van der Waals surface area contributed by atoms with Gasteiger partial charge in [0.05, 0.1) is 6.61 Å². The molecule has 0 fully saturated rings. The van der Waals surface area contributed by atoms with Crippen LogP contribution in [0.15, 0.2) is 18.2 Å². The summed E-state index contributed by atoms with van der Waals surface area (Å²) in [6.07, 6.45) is -2.39. The molecule has 116 valence electrons. The monoisotopic (exact) mass is 299 g/mol. The van der Waals surface area contributed by atoms with Crippen LogP contribution in [0.2, 0.25) is 0 Å². The van der Waals surface area contributed by atoms with E-state index in [0.29, 0.717) is 0 Å². The Labute approximate surface area is 120 Å². The van der Waals surface area contributed by atoms with Crippen LogP contribution in [-0.2, 0) is 16.0 Å². The lowest BCUT2D eigenvalue weighted by atomic mass is 10.0. The Kier molecular flexibility index (Phi) is 5.94. The molecule has 0 amide bonds. The standard InChI is InChI=1S/C9H11NO.C4H6O6/c10-8-4-1-5-9-7(8)3-2-6-11-9;5-1(3(7)8)2(6)4(9)10/h1,4-5H,2-3,6,10H2;1-2,5-6H,(H,7,8)(H,9,10)/t;1-,2-/m.1/s1. The molecule has 0 aromatic heterocycles. The predicted molar refractivity (Wildman–Crippen MR) is 72.0 cm³/mol. The van der Waals surface area contributed by atoms with Crippen molar-refractivity contribution < 1.29 is 34.8 Å². The van der Waals surface area contributed by atoms with Gasteiger partial charge in [-0.25, -0.2) is 9.59 Å². The number of aliphatic hydroxyl groups excluding tert-OH is 2. The number of fused-ring (bicyclic) bond motifs is 1. The zero-order valence-electron chi connectivity index (χ0n) is 11.1. The Bertz CT molecular complexity index is 499. The maximum Gasteiger partial charge on any atom is 0.335 e. The number of hydrogen-bond donors (Lipinski definition) is 5. The minimum atomic E-state index is -2.27. The van der Waals surface area contributed by atoms with E-state index in [1.165, 1.54) is 5.56 Å². The van der Waals surface area contributed by atoms with Gasteiger partial charge in [-0.3, -0.25) is 0 Å². The molecule has 1 aromatic rings. The van der Waals surface area contributed by atoms with Crippen LogP contribution in [0.5, 0.6) is 5.75 Å². The zero-order chi connectivity index (χ0) is 16.0. The number of benzene rings is 1. The van der Waals surface area contributed by atoms with Crippen LogP contribution >= 0.6 is 0 Å². The molecular weight excluding hydrogens is 282 g/mol. The van der Waals surface area contributed by atoms with E-state index in [-0.39, 0.29) is 0 Å². The molecule has 8 heteroatoms. The van der Waals surface area contributed by atoms with Gasteiger partial charge in [-0.15, -0.1) is 0 Å². The van der Waals surface area contributed by atoms with Crippen molar-refractivity contribution >= 4 is 17.6 Å². The van der Waals surface area contributed by atoms with Gasteiger partial charge >= 0.3 is 11.9 Å². The number of rotatable bonds is 3. The highest BCUT2D eigenvalue weighted by atomic mass is 16.5. The molecule has 8 nitrogen and oxygen atoms in total. The van der Waals surface area contributed by atoms with E-state index in [2.05, 4.69) is 0 Å². The first-order chi connectivity index (χ1) is 9.84. The summed E-state index contributed by atoms with van der Waals surface area (Å²) in [6.45, 7) is 0.830. The van der Waals surface area contributed by atoms with Crippen molar-refractivity contribution in [2.24, 2.45) is 0 Å². The molecule has 1 heterocycles. The molecule has 21 heavy (non-hydrogen) atoms. The molecule has 1 aliphatic rings. The molecule has 0 aliphatic carbocycles. The fourth-order valence-electron chi connectivity index (χ4n) is 1.69. The van der Waals surface area contributed by atoms with Crippen molar-refractivity contribution in [1.29, 1.82) is 0 Å². The van der Waals surface area contributed by atoms with Crippen LogP contribution in [0.1, 0.15) is 12.0 Å². The van der Waals surface area contributed by atoms with Crippen LogP contribution in [0.25, 0.3) is 0 Å². The van der Waals surface area contributed by atoms with Gasteiger partial charge in [-0.2, -0.15) is 0 Å². The summed E-state index contributed by atoms with van der Waals surface area (Å²) in [7, 11) is 0. The molecule has 0 saturated carbocycles. The van der Waals surface area contributed by atoms with Gasteiger partial charge in [0.15, 0.2) is 12.2 Å². The first kappa shape index (κ1) is 16.7.